The fraction of sp³-hybridized carbons (Fsp3) is 0.467. The van der Waals surface area contributed by atoms with Crippen LogP contribution in [-0.4, -0.2) is 65.2 Å². The number of hydrogen-bond donors (Lipinski definition) is 5. The Kier molecular flexibility index (Phi) is 9.99. The summed E-state index contributed by atoms with van der Waals surface area (Å²) in [5.74, 6) is -1.04. The Morgan fingerprint density at radius 1 is 1.10 bits per heavy atom. The van der Waals surface area contributed by atoms with Crippen LogP contribution in [0.15, 0.2) is 54.6 Å². The third-order valence-electron chi connectivity index (χ3n) is 7.41. The Labute approximate surface area is 230 Å². The van der Waals surface area contributed by atoms with E-state index in [1.165, 1.54) is 0 Å². The second-order valence-corrected chi connectivity index (χ2v) is 10.9. The Bertz CT molecular complexity index is 1170. The van der Waals surface area contributed by atoms with Crippen LogP contribution >= 0.6 is 0 Å². The molecule has 1 aliphatic rings. The third-order valence-corrected chi connectivity index (χ3v) is 7.41. The van der Waals surface area contributed by atoms with Crippen LogP contribution in [-0.2, 0) is 33.8 Å². The first-order chi connectivity index (χ1) is 18.5. The van der Waals surface area contributed by atoms with E-state index >= 15 is 0 Å². The number of nitrogens with two attached hydrogens (primary N) is 1. The molecular weight excluding hydrogens is 494 g/mol. The number of hydrogen-bond acceptors (Lipinski definition) is 6. The predicted octanol–water partition coefficient (Wildman–Crippen LogP) is 1.95. The van der Waals surface area contributed by atoms with Gasteiger partial charge in [0.1, 0.15) is 11.5 Å². The van der Waals surface area contributed by atoms with E-state index in [2.05, 4.69) is 10.6 Å². The fourth-order valence-corrected chi connectivity index (χ4v) is 5.08. The van der Waals surface area contributed by atoms with Crippen LogP contribution in [0.25, 0.3) is 0 Å². The highest BCUT2D eigenvalue weighted by Crippen LogP contribution is 2.32. The first-order valence-electron chi connectivity index (χ1n) is 13.4. The van der Waals surface area contributed by atoms with Crippen LogP contribution in [0.5, 0.6) is 0 Å². The smallest absolute Gasteiger partial charge is 0.245 e. The van der Waals surface area contributed by atoms with Gasteiger partial charge in [-0.2, -0.15) is 0 Å². The molecular formula is C30H41N5O4. The summed E-state index contributed by atoms with van der Waals surface area (Å²) in [7, 11) is 1.54. The lowest BCUT2D eigenvalue weighted by atomic mass is 9.72. The van der Waals surface area contributed by atoms with Gasteiger partial charge in [-0.3, -0.25) is 14.4 Å². The molecule has 0 saturated carbocycles. The van der Waals surface area contributed by atoms with Crippen molar-refractivity contribution in [3.63, 3.8) is 0 Å². The monoisotopic (exact) mass is 535 g/mol. The van der Waals surface area contributed by atoms with Gasteiger partial charge in [0.2, 0.25) is 17.7 Å². The van der Waals surface area contributed by atoms with Crippen molar-refractivity contribution in [1.29, 1.82) is 5.41 Å². The number of nitrogens with zero attached hydrogens (tertiary/aromatic N) is 1. The van der Waals surface area contributed by atoms with Gasteiger partial charge in [0.05, 0.1) is 12.1 Å². The van der Waals surface area contributed by atoms with Gasteiger partial charge >= 0.3 is 0 Å². The summed E-state index contributed by atoms with van der Waals surface area (Å²) < 4.78 is 0. The standard InChI is InChI=1S/C30H41N5O4/c1-29(2,32)27(38)34-24(15-9-14-22-12-7-8-13-23(22)19-36)26(37)35-17-16-25(31)30(20-35,28(39)33-3)18-21-10-5-4-6-11-21/h4-8,10-13,24,31,36H,9,14-20,32H2,1-3H3,(H,33,39)(H,34,38)/t24-,30-/m1/s1. The van der Waals surface area contributed by atoms with E-state index in [1.54, 1.807) is 25.8 Å². The van der Waals surface area contributed by atoms with Crippen molar-refractivity contribution < 1.29 is 19.5 Å². The van der Waals surface area contributed by atoms with Gasteiger partial charge in [-0.05, 0) is 56.2 Å². The number of benzene rings is 2. The number of carbonyl (C=O) groups is 3. The number of piperidine rings is 1. The van der Waals surface area contributed by atoms with E-state index in [0.717, 1.165) is 16.7 Å². The Morgan fingerprint density at radius 2 is 1.74 bits per heavy atom. The molecule has 1 fully saturated rings. The lowest BCUT2D eigenvalue weighted by molar-refractivity contribution is -0.141. The van der Waals surface area contributed by atoms with Crippen molar-refractivity contribution in [3.8, 4) is 0 Å². The second kappa shape index (κ2) is 13.0. The van der Waals surface area contributed by atoms with Gasteiger partial charge in [0.15, 0.2) is 0 Å². The molecule has 0 aromatic heterocycles. The Balaban J connectivity index is 1.84. The fourth-order valence-electron chi connectivity index (χ4n) is 5.08. The van der Waals surface area contributed by atoms with E-state index in [1.807, 2.05) is 54.6 Å². The highest BCUT2D eigenvalue weighted by molar-refractivity contribution is 6.09. The lowest BCUT2D eigenvalue weighted by Gasteiger charge is -2.43. The van der Waals surface area contributed by atoms with Crippen molar-refractivity contribution >= 4 is 23.4 Å². The Morgan fingerprint density at radius 3 is 2.36 bits per heavy atom. The van der Waals surface area contributed by atoms with Gasteiger partial charge in [-0.25, -0.2) is 0 Å². The minimum absolute atomic E-state index is 0.0466. The lowest BCUT2D eigenvalue weighted by Crippen LogP contribution is -2.62. The maximum atomic E-state index is 13.9. The molecule has 6 N–H and O–H groups in total. The molecule has 2 aromatic carbocycles. The van der Waals surface area contributed by atoms with Crippen LogP contribution in [0.1, 0.15) is 49.8 Å². The summed E-state index contributed by atoms with van der Waals surface area (Å²) in [5, 5.41) is 24.0. The number of aliphatic hydroxyl groups is 1. The van der Waals surface area contributed by atoms with E-state index in [9.17, 15) is 19.5 Å². The molecule has 0 spiro atoms. The van der Waals surface area contributed by atoms with Crippen molar-refractivity contribution in [2.45, 2.75) is 64.1 Å². The third kappa shape index (κ3) is 7.30. The molecule has 0 bridgehead atoms. The second-order valence-electron chi connectivity index (χ2n) is 10.9. The molecule has 1 aliphatic heterocycles. The minimum Gasteiger partial charge on any atom is -0.392 e. The number of amides is 3. The molecule has 2 atom stereocenters. The molecule has 0 unspecified atom stereocenters. The zero-order valence-corrected chi connectivity index (χ0v) is 23.1. The number of aryl methyl sites for hydroxylation is 1. The molecule has 1 saturated heterocycles. The molecule has 3 rings (SSSR count). The summed E-state index contributed by atoms with van der Waals surface area (Å²) in [6, 6.07) is 16.2. The number of aliphatic hydroxyl groups excluding tert-OH is 1. The highest BCUT2D eigenvalue weighted by Gasteiger charge is 2.48. The Hall–Kier alpha value is -3.56. The predicted molar refractivity (Wildman–Crippen MR) is 151 cm³/mol. The average Bonchev–Trinajstić information content (AvgIpc) is 2.93. The number of carbonyl (C=O) groups excluding carboxylic acids is 3. The zero-order chi connectivity index (χ0) is 28.6. The van der Waals surface area contributed by atoms with Crippen LogP contribution in [0.3, 0.4) is 0 Å². The summed E-state index contributed by atoms with van der Waals surface area (Å²) >= 11 is 0. The maximum Gasteiger partial charge on any atom is 0.245 e. The number of nitrogens with one attached hydrogen (secondary N) is 3. The molecule has 9 nitrogen and oxygen atoms in total. The summed E-state index contributed by atoms with van der Waals surface area (Å²) in [6.07, 6.45) is 2.13. The van der Waals surface area contributed by atoms with E-state index in [4.69, 9.17) is 11.1 Å². The van der Waals surface area contributed by atoms with Gasteiger partial charge in [0, 0.05) is 32.3 Å². The molecule has 0 radical (unpaired) electrons. The largest absolute Gasteiger partial charge is 0.392 e. The number of likely N-dealkylation sites (tertiary alicyclic amines) is 1. The molecule has 0 aliphatic carbocycles. The molecule has 39 heavy (non-hydrogen) atoms. The van der Waals surface area contributed by atoms with Gasteiger partial charge < -0.3 is 31.8 Å². The molecule has 1 heterocycles. The minimum atomic E-state index is -1.20. The maximum absolute atomic E-state index is 13.9. The van der Waals surface area contributed by atoms with Crippen LogP contribution < -0.4 is 16.4 Å². The average molecular weight is 536 g/mol. The van der Waals surface area contributed by atoms with Crippen LogP contribution in [0.2, 0.25) is 0 Å². The van der Waals surface area contributed by atoms with E-state index in [0.29, 0.717) is 31.4 Å². The van der Waals surface area contributed by atoms with Crippen molar-refractivity contribution in [2.24, 2.45) is 11.1 Å². The quantitative estimate of drug-likeness (QED) is 0.298. The normalized spacial score (nSPS) is 18.4. The number of rotatable bonds is 11. The summed E-state index contributed by atoms with van der Waals surface area (Å²) in [6.45, 7) is 3.43. The van der Waals surface area contributed by atoms with Crippen LogP contribution in [0, 0.1) is 10.8 Å². The molecule has 9 heteroatoms. The first-order valence-corrected chi connectivity index (χ1v) is 13.4. The molecule has 210 valence electrons. The first kappa shape index (κ1) is 30.0. The summed E-state index contributed by atoms with van der Waals surface area (Å²) in [5.41, 5.74) is 6.66. The van der Waals surface area contributed by atoms with Gasteiger partial charge in [-0.15, -0.1) is 0 Å². The van der Waals surface area contributed by atoms with E-state index < -0.39 is 22.9 Å². The van der Waals surface area contributed by atoms with Crippen molar-refractivity contribution in [3.05, 3.63) is 71.3 Å². The van der Waals surface area contributed by atoms with Crippen LogP contribution in [0.4, 0.5) is 0 Å². The SMILES string of the molecule is CNC(=O)[C@]1(Cc2ccccc2)CN(C(=O)[C@@H](CCCc2ccccc2CO)NC(=O)C(C)(C)N)CCC1=N. The summed E-state index contributed by atoms with van der Waals surface area (Å²) in [4.78, 5) is 41.6. The molecule has 2 aromatic rings. The van der Waals surface area contributed by atoms with Gasteiger partial charge in [-0.1, -0.05) is 54.6 Å². The van der Waals surface area contributed by atoms with Gasteiger partial charge in [0.25, 0.3) is 0 Å². The van der Waals surface area contributed by atoms with E-state index in [-0.39, 0.29) is 37.9 Å². The van der Waals surface area contributed by atoms with Crippen molar-refractivity contribution in [2.75, 3.05) is 20.1 Å². The zero-order valence-electron chi connectivity index (χ0n) is 23.1. The topological polar surface area (TPSA) is 149 Å². The van der Waals surface area contributed by atoms with Crippen molar-refractivity contribution in [1.82, 2.24) is 15.5 Å². The highest BCUT2D eigenvalue weighted by atomic mass is 16.3. The molecule has 3 amide bonds.